The Labute approximate surface area is 160 Å². The zero-order valence-electron chi connectivity index (χ0n) is 15.3. The third-order valence-electron chi connectivity index (χ3n) is 4.22. The molecule has 0 spiro atoms. The molecule has 0 saturated heterocycles. The summed E-state index contributed by atoms with van der Waals surface area (Å²) < 4.78 is 5.33. The molecule has 0 aliphatic heterocycles. The highest BCUT2D eigenvalue weighted by atomic mass is 127. The second-order valence-corrected chi connectivity index (χ2v) is 6.01. The van der Waals surface area contributed by atoms with Gasteiger partial charge in [0.1, 0.15) is 0 Å². The second-order valence-electron chi connectivity index (χ2n) is 6.01. The maximum atomic E-state index is 5.33. The second kappa shape index (κ2) is 15.4. The van der Waals surface area contributed by atoms with Crippen molar-refractivity contribution in [2.75, 3.05) is 46.4 Å². The van der Waals surface area contributed by atoms with E-state index in [2.05, 4.69) is 34.5 Å². The lowest BCUT2D eigenvalue weighted by Gasteiger charge is -2.31. The largest absolute Gasteiger partial charge is 0.380 e. The Morgan fingerprint density at radius 2 is 1.91 bits per heavy atom. The number of aliphatic imine (C=N–C) groups is 1. The lowest BCUT2D eigenvalue weighted by molar-refractivity contribution is 0.152. The first-order chi connectivity index (χ1) is 10.8. The Hall–Kier alpha value is -0.0800. The first kappa shape index (κ1) is 22.9. The van der Waals surface area contributed by atoms with Crippen LogP contribution in [0.25, 0.3) is 0 Å². The monoisotopic (exact) mass is 440 g/mol. The van der Waals surface area contributed by atoms with E-state index in [0.29, 0.717) is 0 Å². The van der Waals surface area contributed by atoms with Gasteiger partial charge in [0.2, 0.25) is 0 Å². The lowest BCUT2D eigenvalue weighted by atomic mass is 9.94. The molecule has 0 heterocycles. The van der Waals surface area contributed by atoms with Crippen LogP contribution in [0.4, 0.5) is 0 Å². The lowest BCUT2D eigenvalue weighted by Crippen LogP contribution is -2.39. The number of rotatable bonds is 10. The van der Waals surface area contributed by atoms with Crippen LogP contribution in [0.3, 0.4) is 0 Å². The predicted molar refractivity (Wildman–Crippen MR) is 110 cm³/mol. The standard InChI is InChI=1S/C17H36N4O.HI/c1-4-18-17(20-13-15-22-5-2)19-12-9-14-21(3)16-10-7-6-8-11-16;/h16H,4-15H2,1-3H3,(H2,18,19,20);1H. The van der Waals surface area contributed by atoms with E-state index < -0.39 is 0 Å². The third-order valence-corrected chi connectivity index (χ3v) is 4.22. The molecule has 1 aliphatic carbocycles. The molecule has 2 N–H and O–H groups in total. The Morgan fingerprint density at radius 3 is 2.57 bits per heavy atom. The summed E-state index contributed by atoms with van der Waals surface area (Å²) in [4.78, 5) is 7.17. The fourth-order valence-electron chi connectivity index (χ4n) is 2.94. The van der Waals surface area contributed by atoms with E-state index in [0.717, 1.165) is 57.8 Å². The molecule has 0 atom stereocenters. The molecule has 6 heteroatoms. The highest BCUT2D eigenvalue weighted by Gasteiger charge is 2.17. The van der Waals surface area contributed by atoms with E-state index in [1.165, 1.54) is 32.1 Å². The maximum absolute atomic E-state index is 5.33. The summed E-state index contributed by atoms with van der Waals surface area (Å²) in [6.07, 6.45) is 8.11. The van der Waals surface area contributed by atoms with Crippen molar-refractivity contribution < 1.29 is 4.74 Å². The average molecular weight is 440 g/mol. The van der Waals surface area contributed by atoms with Crippen molar-refractivity contribution in [3.63, 3.8) is 0 Å². The summed E-state index contributed by atoms with van der Waals surface area (Å²) in [6.45, 7) is 9.32. The van der Waals surface area contributed by atoms with Crippen LogP contribution >= 0.6 is 24.0 Å². The SMILES string of the molecule is CCNC(=NCCCN(C)C1CCCCC1)NCCOCC.I. The molecule has 1 aliphatic rings. The molecule has 0 radical (unpaired) electrons. The summed E-state index contributed by atoms with van der Waals surface area (Å²) in [7, 11) is 2.27. The van der Waals surface area contributed by atoms with Gasteiger partial charge in [-0.05, 0) is 46.7 Å². The number of guanidine groups is 1. The fraction of sp³-hybridized carbons (Fsp3) is 0.941. The van der Waals surface area contributed by atoms with E-state index in [-0.39, 0.29) is 24.0 Å². The first-order valence-corrected chi connectivity index (χ1v) is 9.08. The number of hydrogen-bond donors (Lipinski definition) is 2. The third kappa shape index (κ3) is 11.2. The maximum Gasteiger partial charge on any atom is 0.191 e. The Balaban J connectivity index is 0.00000484. The van der Waals surface area contributed by atoms with Crippen molar-refractivity contribution in [1.82, 2.24) is 15.5 Å². The van der Waals surface area contributed by atoms with Gasteiger partial charge in [0.15, 0.2) is 5.96 Å². The minimum atomic E-state index is 0. The molecule has 1 rings (SSSR count). The summed E-state index contributed by atoms with van der Waals surface area (Å²) in [5, 5.41) is 6.59. The molecule has 0 amide bonds. The highest BCUT2D eigenvalue weighted by Crippen LogP contribution is 2.21. The summed E-state index contributed by atoms with van der Waals surface area (Å²) >= 11 is 0. The number of nitrogens with zero attached hydrogens (tertiary/aromatic N) is 2. The van der Waals surface area contributed by atoms with Crippen molar-refractivity contribution in [2.24, 2.45) is 4.99 Å². The molecule has 5 nitrogen and oxygen atoms in total. The summed E-state index contributed by atoms with van der Waals surface area (Å²) in [6, 6.07) is 0.801. The fourth-order valence-corrected chi connectivity index (χ4v) is 2.94. The van der Waals surface area contributed by atoms with E-state index in [4.69, 9.17) is 4.74 Å². The number of hydrogen-bond acceptors (Lipinski definition) is 3. The zero-order valence-corrected chi connectivity index (χ0v) is 17.6. The van der Waals surface area contributed by atoms with Crippen LogP contribution in [0.1, 0.15) is 52.4 Å². The Kier molecular flexibility index (Phi) is 15.4. The molecule has 0 aromatic carbocycles. The molecular formula is C17H37IN4O. The van der Waals surface area contributed by atoms with Gasteiger partial charge in [-0.15, -0.1) is 24.0 Å². The summed E-state index contributed by atoms with van der Waals surface area (Å²) in [5.74, 6) is 0.905. The minimum Gasteiger partial charge on any atom is -0.380 e. The van der Waals surface area contributed by atoms with Gasteiger partial charge in [0, 0.05) is 32.3 Å². The smallest absolute Gasteiger partial charge is 0.191 e. The topological polar surface area (TPSA) is 48.9 Å². The van der Waals surface area contributed by atoms with Crippen LogP contribution in [0.15, 0.2) is 4.99 Å². The van der Waals surface area contributed by atoms with Gasteiger partial charge in [-0.1, -0.05) is 19.3 Å². The zero-order chi connectivity index (χ0) is 16.0. The van der Waals surface area contributed by atoms with Crippen LogP contribution in [-0.2, 0) is 4.74 Å². The van der Waals surface area contributed by atoms with E-state index in [9.17, 15) is 0 Å². The Morgan fingerprint density at radius 1 is 1.17 bits per heavy atom. The van der Waals surface area contributed by atoms with Crippen molar-refractivity contribution in [3.8, 4) is 0 Å². The molecule has 1 saturated carbocycles. The van der Waals surface area contributed by atoms with Crippen molar-refractivity contribution in [2.45, 2.75) is 58.4 Å². The van der Waals surface area contributed by atoms with Crippen molar-refractivity contribution >= 4 is 29.9 Å². The normalized spacial score (nSPS) is 16.3. The number of halogens is 1. The van der Waals surface area contributed by atoms with Gasteiger partial charge in [0.05, 0.1) is 6.61 Å². The van der Waals surface area contributed by atoms with E-state index >= 15 is 0 Å². The molecule has 0 aromatic rings. The van der Waals surface area contributed by atoms with Gasteiger partial charge >= 0.3 is 0 Å². The van der Waals surface area contributed by atoms with Gasteiger partial charge in [0.25, 0.3) is 0 Å². The first-order valence-electron chi connectivity index (χ1n) is 9.08. The van der Waals surface area contributed by atoms with Crippen LogP contribution in [0.5, 0.6) is 0 Å². The molecule has 1 fully saturated rings. The summed E-state index contributed by atoms with van der Waals surface area (Å²) in [5.41, 5.74) is 0. The number of ether oxygens (including phenoxy) is 1. The van der Waals surface area contributed by atoms with Gasteiger partial charge in [-0.2, -0.15) is 0 Å². The minimum absolute atomic E-state index is 0. The molecule has 23 heavy (non-hydrogen) atoms. The van der Waals surface area contributed by atoms with Crippen molar-refractivity contribution in [1.29, 1.82) is 0 Å². The Bertz CT molecular complexity index is 296. The van der Waals surface area contributed by atoms with Crippen molar-refractivity contribution in [3.05, 3.63) is 0 Å². The molecule has 138 valence electrons. The average Bonchev–Trinajstić information content (AvgIpc) is 2.56. The van der Waals surface area contributed by atoms with Crippen LogP contribution in [-0.4, -0.2) is 63.3 Å². The van der Waals surface area contributed by atoms with Crippen LogP contribution in [0.2, 0.25) is 0 Å². The quantitative estimate of drug-likeness (QED) is 0.238. The number of nitrogens with one attached hydrogen (secondary N) is 2. The van der Waals surface area contributed by atoms with Crippen LogP contribution < -0.4 is 10.6 Å². The predicted octanol–water partition coefficient (Wildman–Crippen LogP) is 2.85. The molecule has 0 unspecified atom stereocenters. The van der Waals surface area contributed by atoms with Gasteiger partial charge in [-0.25, -0.2) is 0 Å². The van der Waals surface area contributed by atoms with Gasteiger partial charge < -0.3 is 20.3 Å². The highest BCUT2D eigenvalue weighted by molar-refractivity contribution is 14.0. The molecule has 0 bridgehead atoms. The molecule has 0 aromatic heterocycles. The van der Waals surface area contributed by atoms with Crippen LogP contribution in [0, 0.1) is 0 Å². The van der Waals surface area contributed by atoms with E-state index in [1.807, 2.05) is 6.92 Å². The van der Waals surface area contributed by atoms with Gasteiger partial charge in [-0.3, -0.25) is 4.99 Å². The van der Waals surface area contributed by atoms with E-state index in [1.54, 1.807) is 0 Å². The molecular weight excluding hydrogens is 403 g/mol.